The fraction of sp³-hybridized carbons (Fsp3) is 0.333. The molecule has 154 valence electrons. The van der Waals surface area contributed by atoms with Crippen LogP contribution >= 0.6 is 0 Å². The molecule has 0 unspecified atom stereocenters. The summed E-state index contributed by atoms with van der Waals surface area (Å²) in [5.41, 5.74) is 13.0. The molecule has 30 heavy (non-hydrogen) atoms. The Morgan fingerprint density at radius 3 is 2.37 bits per heavy atom. The van der Waals surface area contributed by atoms with Crippen molar-refractivity contribution in [3.63, 3.8) is 0 Å². The summed E-state index contributed by atoms with van der Waals surface area (Å²) in [5, 5.41) is 0. The summed E-state index contributed by atoms with van der Waals surface area (Å²) in [4.78, 5) is 0. The van der Waals surface area contributed by atoms with E-state index in [0.29, 0.717) is 0 Å². The van der Waals surface area contributed by atoms with Crippen molar-refractivity contribution in [2.75, 3.05) is 0 Å². The number of fused-ring (bicyclic) bond motifs is 2. The van der Waals surface area contributed by atoms with E-state index < -0.39 is 0 Å². The van der Waals surface area contributed by atoms with Crippen LogP contribution in [0.1, 0.15) is 70.6 Å². The lowest BCUT2D eigenvalue weighted by molar-refractivity contribution is 0.650. The first kappa shape index (κ1) is 20.7. The van der Waals surface area contributed by atoms with Gasteiger partial charge in [0.2, 0.25) is 0 Å². The van der Waals surface area contributed by atoms with Crippen molar-refractivity contribution in [3.8, 4) is 11.1 Å². The van der Waals surface area contributed by atoms with Gasteiger partial charge >= 0.3 is 0 Å². The van der Waals surface area contributed by atoms with Crippen LogP contribution in [0.5, 0.6) is 0 Å². The molecule has 0 saturated carbocycles. The Kier molecular flexibility index (Phi) is 5.69. The van der Waals surface area contributed by atoms with Gasteiger partial charge in [0.05, 0.1) is 0 Å². The summed E-state index contributed by atoms with van der Waals surface area (Å²) in [5.74, 6) is 0. The Bertz CT molecular complexity index is 1070. The maximum absolute atomic E-state index is 2.48. The van der Waals surface area contributed by atoms with Gasteiger partial charge in [-0.25, -0.2) is 0 Å². The van der Waals surface area contributed by atoms with Gasteiger partial charge in [-0.2, -0.15) is 0 Å². The van der Waals surface area contributed by atoms with Crippen molar-refractivity contribution < 1.29 is 0 Å². The molecule has 0 heteroatoms. The fourth-order valence-corrected chi connectivity index (χ4v) is 5.18. The van der Waals surface area contributed by atoms with E-state index in [0.717, 1.165) is 19.3 Å². The molecule has 0 amide bonds. The molecular formula is C30H34. The lowest BCUT2D eigenvalue weighted by Gasteiger charge is -2.26. The molecule has 0 N–H and O–H groups in total. The van der Waals surface area contributed by atoms with E-state index in [-0.39, 0.29) is 5.41 Å². The fourth-order valence-electron chi connectivity index (χ4n) is 5.18. The standard InChI is InChI=1S/C30H34/c1-6-9-21-11-13-23(14-12-21)24-16-18-28-27(19-24)26-17-15-25(22(8-3)10-7-2)20-29(26)30(28,4)5/h7-8,10-14,16,18-20H,6,9,15,17H2,1-5H3/b10-7-,22-8+. The highest BCUT2D eigenvalue weighted by Gasteiger charge is 2.38. The third-order valence-electron chi connectivity index (χ3n) is 6.83. The summed E-state index contributed by atoms with van der Waals surface area (Å²) in [6.45, 7) is 11.3. The van der Waals surface area contributed by atoms with Crippen molar-refractivity contribution in [3.05, 3.63) is 100 Å². The highest BCUT2D eigenvalue weighted by molar-refractivity contribution is 5.86. The molecule has 2 aromatic rings. The molecule has 2 aromatic carbocycles. The molecule has 0 atom stereocenters. The van der Waals surface area contributed by atoms with Crippen molar-refractivity contribution in [1.29, 1.82) is 0 Å². The molecule has 0 nitrogen and oxygen atoms in total. The van der Waals surface area contributed by atoms with Crippen LogP contribution in [0.25, 0.3) is 16.7 Å². The second-order valence-corrected chi connectivity index (χ2v) is 9.14. The van der Waals surface area contributed by atoms with Crippen LogP contribution in [0.4, 0.5) is 0 Å². The molecule has 0 aromatic heterocycles. The zero-order valence-electron chi connectivity index (χ0n) is 19.2. The minimum atomic E-state index is 0.0641. The van der Waals surface area contributed by atoms with E-state index in [1.165, 1.54) is 51.0 Å². The first-order valence-corrected chi connectivity index (χ1v) is 11.5. The van der Waals surface area contributed by atoms with E-state index in [4.69, 9.17) is 0 Å². The number of hydrogen-bond acceptors (Lipinski definition) is 0. The maximum atomic E-state index is 2.48. The van der Waals surface area contributed by atoms with Gasteiger partial charge in [0, 0.05) is 5.41 Å². The molecule has 0 aliphatic heterocycles. The number of hydrogen-bond donors (Lipinski definition) is 0. The molecule has 0 fully saturated rings. The molecule has 4 rings (SSSR count). The Hall–Kier alpha value is -2.60. The number of aryl methyl sites for hydroxylation is 1. The number of rotatable bonds is 5. The number of benzene rings is 2. The third kappa shape index (κ3) is 3.54. The predicted octanol–water partition coefficient (Wildman–Crippen LogP) is 8.59. The smallest absolute Gasteiger partial charge is 0.0155 e. The lowest BCUT2D eigenvalue weighted by Crippen LogP contribution is -2.17. The SMILES string of the molecule is C/C=C\C(=C/C)C1=CC2=C(CC1)c1cc(-c3ccc(CCC)cc3)ccc1C2(C)C. The van der Waals surface area contributed by atoms with Crippen molar-refractivity contribution >= 4 is 5.57 Å². The van der Waals surface area contributed by atoms with Gasteiger partial charge in [-0.1, -0.05) is 87.9 Å². The van der Waals surface area contributed by atoms with Gasteiger partial charge in [0.1, 0.15) is 0 Å². The molecule has 0 bridgehead atoms. The highest BCUT2D eigenvalue weighted by atomic mass is 14.4. The van der Waals surface area contributed by atoms with Crippen molar-refractivity contribution in [1.82, 2.24) is 0 Å². The minimum absolute atomic E-state index is 0.0641. The topological polar surface area (TPSA) is 0 Å². The Labute approximate surface area is 182 Å². The van der Waals surface area contributed by atoms with Crippen LogP contribution in [0.15, 0.2) is 83.5 Å². The molecule has 0 saturated heterocycles. The third-order valence-corrected chi connectivity index (χ3v) is 6.83. The summed E-state index contributed by atoms with van der Waals surface area (Å²) < 4.78 is 0. The molecule has 2 aliphatic carbocycles. The molecule has 0 radical (unpaired) electrons. The van der Waals surface area contributed by atoms with Crippen LogP contribution in [-0.4, -0.2) is 0 Å². The van der Waals surface area contributed by atoms with E-state index in [1.807, 2.05) is 0 Å². The first-order valence-electron chi connectivity index (χ1n) is 11.5. The molecule has 0 heterocycles. The quantitative estimate of drug-likeness (QED) is 0.445. The summed E-state index contributed by atoms with van der Waals surface area (Å²) in [6.07, 6.45) is 13.7. The van der Waals surface area contributed by atoms with Gasteiger partial charge in [0.15, 0.2) is 0 Å². The second kappa shape index (κ2) is 8.26. The zero-order chi connectivity index (χ0) is 21.3. The first-order chi connectivity index (χ1) is 14.5. The maximum Gasteiger partial charge on any atom is 0.0155 e. The molecular weight excluding hydrogens is 360 g/mol. The monoisotopic (exact) mass is 394 g/mol. The highest BCUT2D eigenvalue weighted by Crippen LogP contribution is 2.52. The second-order valence-electron chi connectivity index (χ2n) is 9.14. The van der Waals surface area contributed by atoms with Gasteiger partial charge < -0.3 is 0 Å². The largest absolute Gasteiger partial charge is 0.0871 e. The lowest BCUT2D eigenvalue weighted by atomic mass is 9.78. The Balaban J connectivity index is 1.75. The summed E-state index contributed by atoms with van der Waals surface area (Å²) in [7, 11) is 0. The van der Waals surface area contributed by atoms with Gasteiger partial charge in [-0.3, -0.25) is 0 Å². The van der Waals surface area contributed by atoms with Crippen LogP contribution in [0.3, 0.4) is 0 Å². The van der Waals surface area contributed by atoms with E-state index >= 15 is 0 Å². The predicted molar refractivity (Wildman–Crippen MR) is 132 cm³/mol. The summed E-state index contributed by atoms with van der Waals surface area (Å²) in [6, 6.07) is 16.3. The van der Waals surface area contributed by atoms with Crippen LogP contribution < -0.4 is 0 Å². The van der Waals surface area contributed by atoms with E-state index in [1.54, 1.807) is 5.57 Å². The molecule has 0 spiro atoms. The van der Waals surface area contributed by atoms with Crippen LogP contribution in [-0.2, 0) is 11.8 Å². The van der Waals surface area contributed by atoms with Gasteiger partial charge in [-0.05, 0) is 89.3 Å². The summed E-state index contributed by atoms with van der Waals surface area (Å²) >= 11 is 0. The van der Waals surface area contributed by atoms with Crippen molar-refractivity contribution in [2.24, 2.45) is 0 Å². The van der Waals surface area contributed by atoms with Crippen LogP contribution in [0, 0.1) is 0 Å². The average Bonchev–Trinajstić information content (AvgIpc) is 2.99. The minimum Gasteiger partial charge on any atom is -0.0871 e. The molecule has 2 aliphatic rings. The number of allylic oxidation sites excluding steroid dienone is 8. The Morgan fingerprint density at radius 1 is 0.967 bits per heavy atom. The zero-order valence-corrected chi connectivity index (χ0v) is 19.2. The van der Waals surface area contributed by atoms with Gasteiger partial charge in [-0.15, -0.1) is 0 Å². The van der Waals surface area contributed by atoms with E-state index in [2.05, 4.69) is 101 Å². The normalized spacial score (nSPS) is 17.9. The van der Waals surface area contributed by atoms with E-state index in [9.17, 15) is 0 Å². The van der Waals surface area contributed by atoms with Gasteiger partial charge in [0.25, 0.3) is 0 Å². The van der Waals surface area contributed by atoms with Crippen LogP contribution in [0.2, 0.25) is 0 Å². The average molecular weight is 395 g/mol. The van der Waals surface area contributed by atoms with Crippen molar-refractivity contribution in [2.45, 2.75) is 65.7 Å². The Morgan fingerprint density at radius 2 is 1.70 bits per heavy atom.